The van der Waals surface area contributed by atoms with Gasteiger partial charge in [-0.05, 0) is 56.8 Å². The summed E-state index contributed by atoms with van der Waals surface area (Å²) in [5, 5.41) is 6.88. The van der Waals surface area contributed by atoms with Gasteiger partial charge < -0.3 is 24.8 Å². The van der Waals surface area contributed by atoms with Crippen LogP contribution in [0.15, 0.2) is 36.5 Å². The van der Waals surface area contributed by atoms with Crippen LogP contribution in [0, 0.1) is 0 Å². The molecule has 7 heteroatoms. The van der Waals surface area contributed by atoms with E-state index in [1.165, 1.54) is 0 Å². The Morgan fingerprint density at radius 3 is 2.46 bits per heavy atom. The fourth-order valence-electron chi connectivity index (χ4n) is 2.36. The van der Waals surface area contributed by atoms with Crippen molar-refractivity contribution < 1.29 is 14.2 Å². The number of nitrogens with zero attached hydrogens (tertiary/aromatic N) is 1. The topological polar surface area (TPSA) is 64.6 Å². The van der Waals surface area contributed by atoms with E-state index < -0.39 is 0 Å². The molecule has 140 valence electrons. The molecule has 0 saturated heterocycles. The summed E-state index contributed by atoms with van der Waals surface area (Å²) >= 11 is 5.39. The van der Waals surface area contributed by atoms with Crippen LogP contribution in [0.4, 0.5) is 5.69 Å². The van der Waals surface area contributed by atoms with Gasteiger partial charge in [0, 0.05) is 6.07 Å². The van der Waals surface area contributed by atoms with E-state index in [0.717, 1.165) is 22.7 Å². The Balaban J connectivity index is 2.02. The van der Waals surface area contributed by atoms with Gasteiger partial charge in [-0.15, -0.1) is 0 Å². The summed E-state index contributed by atoms with van der Waals surface area (Å²) in [7, 11) is 1.58. The predicted octanol–water partition coefficient (Wildman–Crippen LogP) is 3.94. The van der Waals surface area contributed by atoms with Crippen LogP contribution in [0.2, 0.25) is 0 Å². The maximum atomic E-state index is 5.68. The largest absolute Gasteiger partial charge is 0.490 e. The average Bonchev–Trinajstić information content (AvgIpc) is 2.64. The van der Waals surface area contributed by atoms with Gasteiger partial charge in [0.25, 0.3) is 0 Å². The minimum absolute atomic E-state index is 0.00362. The molecular formula is C19H25N3O3S. The van der Waals surface area contributed by atoms with Gasteiger partial charge in [0.15, 0.2) is 16.6 Å². The molecule has 0 saturated carbocycles. The normalized spacial score (nSPS) is 11.4. The monoisotopic (exact) mass is 375 g/mol. The highest BCUT2D eigenvalue weighted by molar-refractivity contribution is 7.80. The molecule has 0 aliphatic carbocycles. The molecule has 26 heavy (non-hydrogen) atoms. The molecule has 0 bridgehead atoms. The summed E-state index contributed by atoms with van der Waals surface area (Å²) in [6.45, 7) is 7.11. The van der Waals surface area contributed by atoms with E-state index in [2.05, 4.69) is 15.6 Å². The van der Waals surface area contributed by atoms with E-state index in [-0.39, 0.29) is 6.04 Å². The minimum Gasteiger partial charge on any atom is -0.490 e. The summed E-state index contributed by atoms with van der Waals surface area (Å²) < 4.78 is 16.3. The van der Waals surface area contributed by atoms with Gasteiger partial charge in [0.05, 0.1) is 38.2 Å². The third-order valence-electron chi connectivity index (χ3n) is 3.62. The first kappa shape index (κ1) is 19.8. The molecule has 2 rings (SSSR count). The van der Waals surface area contributed by atoms with Crippen LogP contribution in [0.3, 0.4) is 0 Å². The summed E-state index contributed by atoms with van der Waals surface area (Å²) in [6, 6.07) is 9.53. The summed E-state index contributed by atoms with van der Waals surface area (Å²) in [5.74, 6) is 2.04. The molecule has 0 aliphatic heterocycles. The van der Waals surface area contributed by atoms with Crippen molar-refractivity contribution in [2.24, 2.45) is 0 Å². The smallest absolute Gasteiger partial charge is 0.213 e. The van der Waals surface area contributed by atoms with Crippen molar-refractivity contribution in [3.8, 4) is 17.4 Å². The Morgan fingerprint density at radius 2 is 1.85 bits per heavy atom. The van der Waals surface area contributed by atoms with Gasteiger partial charge in [-0.2, -0.15) is 0 Å². The summed E-state index contributed by atoms with van der Waals surface area (Å²) in [4.78, 5) is 4.14. The third-order valence-corrected chi connectivity index (χ3v) is 3.84. The number of hydrogen-bond donors (Lipinski definition) is 2. The lowest BCUT2D eigenvalue weighted by Gasteiger charge is -2.19. The van der Waals surface area contributed by atoms with Crippen molar-refractivity contribution in [1.82, 2.24) is 10.3 Å². The zero-order valence-electron chi connectivity index (χ0n) is 15.5. The van der Waals surface area contributed by atoms with Crippen LogP contribution in [-0.2, 0) is 0 Å². The molecule has 0 radical (unpaired) electrons. The molecule has 0 unspecified atom stereocenters. The molecule has 0 aliphatic rings. The molecule has 2 aromatic rings. The lowest BCUT2D eigenvalue weighted by molar-refractivity contribution is 0.287. The van der Waals surface area contributed by atoms with Gasteiger partial charge >= 0.3 is 0 Å². The van der Waals surface area contributed by atoms with E-state index >= 15 is 0 Å². The minimum atomic E-state index is -0.00362. The molecule has 1 heterocycles. The standard InChI is InChI=1S/C19H25N3O3S/c1-5-24-16-9-7-14(11-17(16)25-6-2)13(3)21-19(26)22-15-8-10-18(23-4)20-12-15/h7-13H,5-6H2,1-4H3,(H2,21,22,26)/t13-/m0/s1. The molecular weight excluding hydrogens is 350 g/mol. The Morgan fingerprint density at radius 1 is 1.12 bits per heavy atom. The molecule has 0 spiro atoms. The lowest BCUT2D eigenvalue weighted by Crippen LogP contribution is -2.30. The molecule has 1 aromatic carbocycles. The van der Waals surface area contributed by atoms with Gasteiger partial charge in [0.2, 0.25) is 5.88 Å². The van der Waals surface area contributed by atoms with E-state index in [4.69, 9.17) is 26.4 Å². The zero-order chi connectivity index (χ0) is 18.9. The average molecular weight is 375 g/mol. The number of ether oxygens (including phenoxy) is 3. The first-order valence-corrected chi connectivity index (χ1v) is 8.95. The van der Waals surface area contributed by atoms with Crippen molar-refractivity contribution in [3.63, 3.8) is 0 Å². The maximum Gasteiger partial charge on any atom is 0.213 e. The Kier molecular flexibility index (Phi) is 7.47. The molecule has 1 aromatic heterocycles. The van der Waals surface area contributed by atoms with Crippen LogP contribution >= 0.6 is 12.2 Å². The van der Waals surface area contributed by atoms with E-state index in [9.17, 15) is 0 Å². The molecule has 6 nitrogen and oxygen atoms in total. The molecule has 0 amide bonds. The van der Waals surface area contributed by atoms with Crippen LogP contribution in [0.1, 0.15) is 32.4 Å². The number of pyridine rings is 1. The van der Waals surface area contributed by atoms with Gasteiger partial charge in [-0.3, -0.25) is 0 Å². The number of methoxy groups -OCH3 is 1. The molecule has 0 fully saturated rings. The van der Waals surface area contributed by atoms with Crippen molar-refractivity contribution in [2.45, 2.75) is 26.8 Å². The first-order chi connectivity index (χ1) is 12.6. The fraction of sp³-hybridized carbons (Fsp3) is 0.368. The quantitative estimate of drug-likeness (QED) is 0.678. The second-order valence-corrected chi connectivity index (χ2v) is 5.89. The number of rotatable bonds is 8. The third kappa shape index (κ3) is 5.49. The molecule has 1 atom stereocenters. The Labute approximate surface area is 159 Å². The highest BCUT2D eigenvalue weighted by Gasteiger charge is 2.12. The predicted molar refractivity (Wildman–Crippen MR) is 107 cm³/mol. The molecule has 2 N–H and O–H groups in total. The maximum absolute atomic E-state index is 5.68. The van der Waals surface area contributed by atoms with Crippen molar-refractivity contribution >= 4 is 23.0 Å². The number of hydrogen-bond acceptors (Lipinski definition) is 5. The number of aromatic nitrogens is 1. The number of anilines is 1. The van der Waals surface area contributed by atoms with E-state index in [1.54, 1.807) is 19.4 Å². The SMILES string of the molecule is CCOc1ccc([C@H](C)NC(=S)Nc2ccc(OC)nc2)cc1OCC. The summed E-state index contributed by atoms with van der Waals surface area (Å²) in [5.41, 5.74) is 1.84. The van der Waals surface area contributed by atoms with E-state index in [1.807, 2.05) is 45.0 Å². The van der Waals surface area contributed by atoms with Crippen LogP contribution in [0.5, 0.6) is 17.4 Å². The van der Waals surface area contributed by atoms with Crippen LogP contribution in [0.25, 0.3) is 0 Å². The van der Waals surface area contributed by atoms with Crippen molar-refractivity contribution in [1.29, 1.82) is 0 Å². The number of benzene rings is 1. The van der Waals surface area contributed by atoms with E-state index in [0.29, 0.717) is 24.2 Å². The van der Waals surface area contributed by atoms with Gasteiger partial charge in [-0.25, -0.2) is 4.98 Å². The zero-order valence-corrected chi connectivity index (χ0v) is 16.4. The number of nitrogens with one attached hydrogen (secondary N) is 2. The lowest BCUT2D eigenvalue weighted by atomic mass is 10.1. The first-order valence-electron chi connectivity index (χ1n) is 8.54. The van der Waals surface area contributed by atoms with Crippen molar-refractivity contribution in [3.05, 3.63) is 42.1 Å². The van der Waals surface area contributed by atoms with Crippen molar-refractivity contribution in [2.75, 3.05) is 25.6 Å². The number of thiocarbonyl (C=S) groups is 1. The van der Waals surface area contributed by atoms with Crippen LogP contribution in [-0.4, -0.2) is 30.4 Å². The van der Waals surface area contributed by atoms with Gasteiger partial charge in [0.1, 0.15) is 0 Å². The van der Waals surface area contributed by atoms with Crippen LogP contribution < -0.4 is 24.8 Å². The summed E-state index contributed by atoms with van der Waals surface area (Å²) in [6.07, 6.45) is 1.67. The highest BCUT2D eigenvalue weighted by Crippen LogP contribution is 2.30. The highest BCUT2D eigenvalue weighted by atomic mass is 32.1. The Bertz CT molecular complexity index is 722. The Hall–Kier alpha value is -2.54. The fourth-order valence-corrected chi connectivity index (χ4v) is 2.65. The second kappa shape index (κ2) is 9.82. The van der Waals surface area contributed by atoms with Gasteiger partial charge in [-0.1, -0.05) is 6.07 Å². The second-order valence-electron chi connectivity index (χ2n) is 5.48.